The van der Waals surface area contributed by atoms with Gasteiger partial charge in [-0.1, -0.05) is 0 Å². The van der Waals surface area contributed by atoms with Gasteiger partial charge in [0.1, 0.15) is 5.76 Å². The second kappa shape index (κ2) is 5.33. The van der Waals surface area contributed by atoms with Crippen LogP contribution in [0.4, 0.5) is 0 Å². The summed E-state index contributed by atoms with van der Waals surface area (Å²) in [5.74, 6) is 0.131. The third kappa shape index (κ3) is 3.08. The van der Waals surface area contributed by atoms with Crippen LogP contribution in [-0.4, -0.2) is 30.3 Å². The van der Waals surface area contributed by atoms with E-state index in [0.29, 0.717) is 24.3 Å². The SMILES string of the molecule is CC1OCCC1CNCc1ccc(C(=O)O)o1. The van der Waals surface area contributed by atoms with E-state index < -0.39 is 5.97 Å². The van der Waals surface area contributed by atoms with Gasteiger partial charge in [0.2, 0.25) is 5.76 Å². The Morgan fingerprint density at radius 1 is 1.59 bits per heavy atom. The van der Waals surface area contributed by atoms with Crippen molar-refractivity contribution in [1.82, 2.24) is 5.32 Å². The van der Waals surface area contributed by atoms with Crippen LogP contribution in [0, 0.1) is 5.92 Å². The maximum Gasteiger partial charge on any atom is 0.371 e. The van der Waals surface area contributed by atoms with Crippen molar-refractivity contribution in [2.45, 2.75) is 26.0 Å². The van der Waals surface area contributed by atoms with Gasteiger partial charge in [0.25, 0.3) is 0 Å². The van der Waals surface area contributed by atoms with Crippen molar-refractivity contribution < 1.29 is 19.1 Å². The maximum atomic E-state index is 10.6. The van der Waals surface area contributed by atoms with Gasteiger partial charge in [0.15, 0.2) is 0 Å². The Labute approximate surface area is 99.8 Å². The first-order valence-electron chi connectivity index (χ1n) is 5.81. The van der Waals surface area contributed by atoms with Gasteiger partial charge in [-0.25, -0.2) is 4.79 Å². The lowest BCUT2D eigenvalue weighted by Gasteiger charge is -2.13. The molecule has 0 radical (unpaired) electrons. The number of aromatic carboxylic acids is 1. The number of ether oxygens (including phenoxy) is 1. The van der Waals surface area contributed by atoms with Crippen LogP contribution in [0.25, 0.3) is 0 Å². The fourth-order valence-electron chi connectivity index (χ4n) is 2.01. The van der Waals surface area contributed by atoms with Crippen molar-refractivity contribution in [3.63, 3.8) is 0 Å². The van der Waals surface area contributed by atoms with Crippen molar-refractivity contribution in [3.8, 4) is 0 Å². The lowest BCUT2D eigenvalue weighted by Crippen LogP contribution is -2.26. The summed E-state index contributed by atoms with van der Waals surface area (Å²) in [7, 11) is 0. The Hall–Kier alpha value is -1.33. The average Bonchev–Trinajstić information content (AvgIpc) is 2.89. The van der Waals surface area contributed by atoms with Crippen molar-refractivity contribution in [3.05, 3.63) is 23.7 Å². The first kappa shape index (κ1) is 12.1. The molecule has 2 rings (SSSR count). The molecule has 5 heteroatoms. The Kier molecular flexibility index (Phi) is 3.81. The molecule has 2 unspecified atom stereocenters. The average molecular weight is 239 g/mol. The van der Waals surface area contributed by atoms with Crippen LogP contribution in [0.2, 0.25) is 0 Å². The van der Waals surface area contributed by atoms with Gasteiger partial charge in [-0.15, -0.1) is 0 Å². The van der Waals surface area contributed by atoms with Crippen LogP contribution in [0.5, 0.6) is 0 Å². The molecule has 0 bridgehead atoms. The highest BCUT2D eigenvalue weighted by Gasteiger charge is 2.23. The molecule has 17 heavy (non-hydrogen) atoms. The first-order valence-corrected chi connectivity index (χ1v) is 5.81. The monoisotopic (exact) mass is 239 g/mol. The zero-order chi connectivity index (χ0) is 12.3. The van der Waals surface area contributed by atoms with Gasteiger partial charge < -0.3 is 19.6 Å². The van der Waals surface area contributed by atoms with Crippen LogP contribution in [0.1, 0.15) is 29.7 Å². The summed E-state index contributed by atoms with van der Waals surface area (Å²) in [5.41, 5.74) is 0. The summed E-state index contributed by atoms with van der Waals surface area (Å²) in [4.78, 5) is 10.6. The summed E-state index contributed by atoms with van der Waals surface area (Å²) >= 11 is 0. The highest BCUT2D eigenvalue weighted by atomic mass is 16.5. The fourth-order valence-corrected chi connectivity index (χ4v) is 2.01. The Morgan fingerprint density at radius 3 is 3.00 bits per heavy atom. The first-order chi connectivity index (χ1) is 8.16. The number of carboxylic acids is 1. The number of hydrogen-bond acceptors (Lipinski definition) is 4. The van der Waals surface area contributed by atoms with E-state index in [1.165, 1.54) is 6.07 Å². The number of furan rings is 1. The molecule has 1 saturated heterocycles. The topological polar surface area (TPSA) is 71.7 Å². The maximum absolute atomic E-state index is 10.6. The van der Waals surface area contributed by atoms with E-state index >= 15 is 0 Å². The Bertz CT molecular complexity index is 388. The highest BCUT2D eigenvalue weighted by Crippen LogP contribution is 2.19. The number of hydrogen-bond donors (Lipinski definition) is 2. The molecule has 0 aromatic carbocycles. The van der Waals surface area contributed by atoms with Crippen LogP contribution in [0.15, 0.2) is 16.5 Å². The fraction of sp³-hybridized carbons (Fsp3) is 0.583. The summed E-state index contributed by atoms with van der Waals surface area (Å²) in [6.07, 6.45) is 1.38. The molecule has 0 spiro atoms. The molecule has 5 nitrogen and oxygen atoms in total. The predicted molar refractivity (Wildman–Crippen MR) is 60.9 cm³/mol. The van der Waals surface area contributed by atoms with E-state index in [0.717, 1.165) is 19.6 Å². The largest absolute Gasteiger partial charge is 0.475 e. The van der Waals surface area contributed by atoms with E-state index in [1.54, 1.807) is 6.07 Å². The molecule has 1 aliphatic heterocycles. The summed E-state index contributed by atoms with van der Waals surface area (Å²) in [5, 5.41) is 12.0. The van der Waals surface area contributed by atoms with Crippen LogP contribution < -0.4 is 5.32 Å². The quantitative estimate of drug-likeness (QED) is 0.814. The van der Waals surface area contributed by atoms with Gasteiger partial charge in [-0.2, -0.15) is 0 Å². The van der Waals surface area contributed by atoms with Gasteiger partial charge in [-0.3, -0.25) is 0 Å². The van der Waals surface area contributed by atoms with E-state index in [2.05, 4.69) is 12.2 Å². The lowest BCUT2D eigenvalue weighted by atomic mass is 10.0. The molecule has 2 N–H and O–H groups in total. The van der Waals surface area contributed by atoms with Crippen LogP contribution in [-0.2, 0) is 11.3 Å². The smallest absolute Gasteiger partial charge is 0.371 e. The summed E-state index contributed by atoms with van der Waals surface area (Å²) in [6, 6.07) is 3.16. The zero-order valence-corrected chi connectivity index (χ0v) is 9.81. The van der Waals surface area contributed by atoms with E-state index in [4.69, 9.17) is 14.3 Å². The summed E-state index contributed by atoms with van der Waals surface area (Å²) < 4.78 is 10.6. The number of rotatable bonds is 5. The van der Waals surface area contributed by atoms with E-state index in [9.17, 15) is 4.79 Å². The van der Waals surface area contributed by atoms with Gasteiger partial charge in [0.05, 0.1) is 12.6 Å². The van der Waals surface area contributed by atoms with E-state index in [1.807, 2.05) is 0 Å². The molecule has 94 valence electrons. The molecule has 1 aromatic rings. The highest BCUT2D eigenvalue weighted by molar-refractivity contribution is 5.84. The van der Waals surface area contributed by atoms with Crippen molar-refractivity contribution >= 4 is 5.97 Å². The van der Waals surface area contributed by atoms with Crippen molar-refractivity contribution in [2.24, 2.45) is 5.92 Å². The molecule has 2 atom stereocenters. The second-order valence-corrected chi connectivity index (χ2v) is 4.33. The number of nitrogens with one attached hydrogen (secondary N) is 1. The van der Waals surface area contributed by atoms with Gasteiger partial charge in [0, 0.05) is 13.2 Å². The molecule has 0 saturated carbocycles. The Balaban J connectivity index is 1.76. The number of carbonyl (C=O) groups is 1. The molecular weight excluding hydrogens is 222 g/mol. The van der Waals surface area contributed by atoms with Crippen molar-refractivity contribution in [1.29, 1.82) is 0 Å². The number of carboxylic acid groups (broad SMARTS) is 1. The van der Waals surface area contributed by atoms with E-state index in [-0.39, 0.29) is 5.76 Å². The van der Waals surface area contributed by atoms with Crippen LogP contribution in [0.3, 0.4) is 0 Å². The lowest BCUT2D eigenvalue weighted by molar-refractivity contribution is 0.0660. The molecular formula is C12H17NO4. The minimum Gasteiger partial charge on any atom is -0.475 e. The molecule has 0 aliphatic carbocycles. The molecule has 2 heterocycles. The molecule has 0 amide bonds. The van der Waals surface area contributed by atoms with Crippen molar-refractivity contribution in [2.75, 3.05) is 13.2 Å². The zero-order valence-electron chi connectivity index (χ0n) is 9.81. The minimum atomic E-state index is -1.03. The Morgan fingerprint density at radius 2 is 2.41 bits per heavy atom. The standard InChI is InChI=1S/C12H17NO4/c1-8-9(4-5-16-8)6-13-7-10-2-3-11(17-10)12(14)15/h2-3,8-9,13H,4-7H2,1H3,(H,14,15). The third-order valence-electron chi connectivity index (χ3n) is 3.11. The molecule has 1 fully saturated rings. The molecule has 1 aliphatic rings. The normalized spacial score (nSPS) is 24.1. The van der Waals surface area contributed by atoms with Gasteiger partial charge in [-0.05, 0) is 31.4 Å². The molecule has 1 aromatic heterocycles. The van der Waals surface area contributed by atoms with Crippen LogP contribution >= 0.6 is 0 Å². The predicted octanol–water partition coefficient (Wildman–Crippen LogP) is 1.49. The minimum absolute atomic E-state index is 0.0145. The third-order valence-corrected chi connectivity index (χ3v) is 3.11. The summed E-state index contributed by atoms with van der Waals surface area (Å²) in [6.45, 7) is 4.33. The second-order valence-electron chi connectivity index (χ2n) is 4.33. The van der Waals surface area contributed by atoms with Gasteiger partial charge >= 0.3 is 5.97 Å².